The second-order valence-corrected chi connectivity index (χ2v) is 5.83. The van der Waals surface area contributed by atoms with E-state index in [2.05, 4.69) is 32.7 Å². The molecule has 106 valence electrons. The largest absolute Gasteiger partial charge is 0.295 e. The van der Waals surface area contributed by atoms with Gasteiger partial charge in [0, 0.05) is 29.3 Å². The fraction of sp³-hybridized carbons (Fsp3) is 0.267. The van der Waals surface area contributed by atoms with E-state index in [0.29, 0.717) is 23.8 Å². The van der Waals surface area contributed by atoms with Crippen molar-refractivity contribution in [1.29, 1.82) is 0 Å². The lowest BCUT2D eigenvalue weighted by molar-refractivity contribution is 0.267. The molecule has 0 atom stereocenters. The SMILES string of the molecule is CCN(Cc1ccnc(Cl)c1)Cc1cc(Br)ccc1F. The molecule has 0 saturated heterocycles. The molecule has 0 aliphatic rings. The average molecular weight is 358 g/mol. The van der Waals surface area contributed by atoms with Crippen LogP contribution in [-0.4, -0.2) is 16.4 Å². The predicted octanol–water partition coefficient (Wildman–Crippen LogP) is 4.66. The number of hydrogen-bond donors (Lipinski definition) is 0. The number of benzene rings is 1. The van der Waals surface area contributed by atoms with E-state index in [-0.39, 0.29) is 5.82 Å². The van der Waals surface area contributed by atoms with Crippen molar-refractivity contribution in [3.8, 4) is 0 Å². The molecule has 2 rings (SSSR count). The molecule has 0 unspecified atom stereocenters. The topological polar surface area (TPSA) is 16.1 Å². The van der Waals surface area contributed by atoms with Crippen LogP contribution in [0.3, 0.4) is 0 Å². The number of rotatable bonds is 5. The smallest absolute Gasteiger partial charge is 0.129 e. The monoisotopic (exact) mass is 356 g/mol. The molecule has 0 aliphatic heterocycles. The lowest BCUT2D eigenvalue weighted by Gasteiger charge is -2.21. The van der Waals surface area contributed by atoms with Crippen LogP contribution in [0.5, 0.6) is 0 Å². The first-order valence-electron chi connectivity index (χ1n) is 6.35. The standard InChI is InChI=1S/C15H15BrClFN2/c1-2-20(9-11-5-6-19-15(17)7-11)10-12-8-13(16)3-4-14(12)18/h3-8H,2,9-10H2,1H3. The zero-order chi connectivity index (χ0) is 14.5. The van der Waals surface area contributed by atoms with Gasteiger partial charge in [-0.2, -0.15) is 0 Å². The van der Waals surface area contributed by atoms with Gasteiger partial charge in [0.2, 0.25) is 0 Å². The summed E-state index contributed by atoms with van der Waals surface area (Å²) in [4.78, 5) is 6.11. The van der Waals surface area contributed by atoms with E-state index in [1.807, 2.05) is 18.2 Å². The first-order valence-corrected chi connectivity index (χ1v) is 7.52. The highest BCUT2D eigenvalue weighted by molar-refractivity contribution is 9.10. The van der Waals surface area contributed by atoms with Gasteiger partial charge in [-0.15, -0.1) is 0 Å². The molecule has 0 aliphatic carbocycles. The Morgan fingerprint density at radius 2 is 2.05 bits per heavy atom. The van der Waals surface area contributed by atoms with Crippen molar-refractivity contribution < 1.29 is 4.39 Å². The lowest BCUT2D eigenvalue weighted by atomic mass is 10.2. The fourth-order valence-electron chi connectivity index (χ4n) is 1.98. The Morgan fingerprint density at radius 3 is 2.75 bits per heavy atom. The highest BCUT2D eigenvalue weighted by Gasteiger charge is 2.09. The Hall–Kier alpha value is -0.970. The summed E-state index contributed by atoms with van der Waals surface area (Å²) in [5.74, 6) is -0.181. The van der Waals surface area contributed by atoms with E-state index < -0.39 is 0 Å². The zero-order valence-electron chi connectivity index (χ0n) is 11.1. The summed E-state index contributed by atoms with van der Waals surface area (Å²) < 4.78 is 14.7. The molecule has 0 N–H and O–H groups in total. The van der Waals surface area contributed by atoms with E-state index in [4.69, 9.17) is 11.6 Å². The van der Waals surface area contributed by atoms with Crippen molar-refractivity contribution in [3.63, 3.8) is 0 Å². The van der Waals surface area contributed by atoms with Gasteiger partial charge in [-0.05, 0) is 42.4 Å². The van der Waals surface area contributed by atoms with E-state index in [1.54, 1.807) is 12.3 Å². The Labute approximate surface area is 131 Å². The zero-order valence-corrected chi connectivity index (χ0v) is 13.5. The molecule has 5 heteroatoms. The van der Waals surface area contributed by atoms with Crippen LogP contribution in [0.4, 0.5) is 4.39 Å². The summed E-state index contributed by atoms with van der Waals surface area (Å²) in [5, 5.41) is 0.479. The van der Waals surface area contributed by atoms with Crippen LogP contribution in [0.15, 0.2) is 41.0 Å². The third-order valence-corrected chi connectivity index (χ3v) is 3.75. The Balaban J connectivity index is 2.11. The second kappa shape index (κ2) is 7.16. The normalized spacial score (nSPS) is 11.1. The number of nitrogens with zero attached hydrogens (tertiary/aromatic N) is 2. The molecule has 0 fully saturated rings. The summed E-state index contributed by atoms with van der Waals surface area (Å²) in [6.45, 7) is 4.15. The highest BCUT2D eigenvalue weighted by atomic mass is 79.9. The minimum atomic E-state index is -0.181. The number of pyridine rings is 1. The molecule has 0 bridgehead atoms. The Morgan fingerprint density at radius 1 is 1.25 bits per heavy atom. The molecule has 0 spiro atoms. The van der Waals surface area contributed by atoms with Gasteiger partial charge < -0.3 is 0 Å². The first kappa shape index (κ1) is 15.4. The molecule has 2 aromatic rings. The number of aromatic nitrogens is 1. The molecule has 1 aromatic heterocycles. The summed E-state index contributed by atoms with van der Waals surface area (Å²) in [6, 6.07) is 8.76. The quantitative estimate of drug-likeness (QED) is 0.724. The molecule has 20 heavy (non-hydrogen) atoms. The molecule has 0 amide bonds. The van der Waals surface area contributed by atoms with Crippen molar-refractivity contribution in [2.24, 2.45) is 0 Å². The van der Waals surface area contributed by atoms with Crippen LogP contribution in [-0.2, 0) is 13.1 Å². The van der Waals surface area contributed by atoms with Crippen LogP contribution < -0.4 is 0 Å². The van der Waals surface area contributed by atoms with Crippen LogP contribution in [0.25, 0.3) is 0 Å². The minimum absolute atomic E-state index is 0.181. The molecule has 0 saturated carbocycles. The van der Waals surface area contributed by atoms with Gasteiger partial charge in [0.05, 0.1) is 0 Å². The van der Waals surface area contributed by atoms with Crippen molar-refractivity contribution in [3.05, 3.63) is 63.1 Å². The van der Waals surface area contributed by atoms with Crippen molar-refractivity contribution in [2.45, 2.75) is 20.0 Å². The third-order valence-electron chi connectivity index (χ3n) is 3.05. The Bertz CT molecular complexity index is 592. The average Bonchev–Trinajstić information content (AvgIpc) is 2.42. The summed E-state index contributed by atoms with van der Waals surface area (Å²) in [5.41, 5.74) is 1.75. The van der Waals surface area contributed by atoms with Crippen molar-refractivity contribution in [1.82, 2.24) is 9.88 Å². The maximum atomic E-state index is 13.8. The van der Waals surface area contributed by atoms with Gasteiger partial charge in [0.25, 0.3) is 0 Å². The van der Waals surface area contributed by atoms with Gasteiger partial charge in [-0.3, -0.25) is 4.90 Å². The Kier molecular flexibility index (Phi) is 5.52. The van der Waals surface area contributed by atoms with Crippen LogP contribution in [0.1, 0.15) is 18.1 Å². The first-order chi connectivity index (χ1) is 9.58. The molecule has 2 nitrogen and oxygen atoms in total. The third kappa shape index (κ3) is 4.27. The van der Waals surface area contributed by atoms with E-state index in [1.165, 1.54) is 6.07 Å². The fourth-order valence-corrected chi connectivity index (χ4v) is 2.59. The van der Waals surface area contributed by atoms with Crippen LogP contribution in [0, 0.1) is 5.82 Å². The van der Waals surface area contributed by atoms with Gasteiger partial charge in [0.15, 0.2) is 0 Å². The molecular weight excluding hydrogens is 343 g/mol. The predicted molar refractivity (Wildman–Crippen MR) is 83.1 cm³/mol. The van der Waals surface area contributed by atoms with Gasteiger partial charge >= 0.3 is 0 Å². The van der Waals surface area contributed by atoms with E-state index in [0.717, 1.165) is 16.6 Å². The van der Waals surface area contributed by atoms with E-state index in [9.17, 15) is 4.39 Å². The minimum Gasteiger partial charge on any atom is -0.295 e. The number of halogens is 3. The van der Waals surface area contributed by atoms with E-state index >= 15 is 0 Å². The maximum absolute atomic E-state index is 13.8. The summed E-state index contributed by atoms with van der Waals surface area (Å²) >= 11 is 9.26. The summed E-state index contributed by atoms with van der Waals surface area (Å²) in [6.07, 6.45) is 1.69. The van der Waals surface area contributed by atoms with Crippen LogP contribution in [0.2, 0.25) is 5.15 Å². The maximum Gasteiger partial charge on any atom is 0.129 e. The van der Waals surface area contributed by atoms with Gasteiger partial charge in [-0.1, -0.05) is 34.5 Å². The molecule has 1 heterocycles. The highest BCUT2D eigenvalue weighted by Crippen LogP contribution is 2.18. The molecule has 1 aromatic carbocycles. The number of hydrogen-bond acceptors (Lipinski definition) is 2. The van der Waals surface area contributed by atoms with Crippen molar-refractivity contribution >= 4 is 27.5 Å². The lowest BCUT2D eigenvalue weighted by Crippen LogP contribution is -2.23. The second-order valence-electron chi connectivity index (χ2n) is 4.53. The van der Waals surface area contributed by atoms with Gasteiger partial charge in [-0.25, -0.2) is 9.37 Å². The van der Waals surface area contributed by atoms with Gasteiger partial charge in [0.1, 0.15) is 11.0 Å². The summed E-state index contributed by atoms with van der Waals surface area (Å²) in [7, 11) is 0. The van der Waals surface area contributed by atoms with Crippen molar-refractivity contribution in [2.75, 3.05) is 6.54 Å². The molecule has 0 radical (unpaired) electrons. The molecular formula is C15H15BrClFN2. The van der Waals surface area contributed by atoms with Crippen LogP contribution >= 0.6 is 27.5 Å².